The van der Waals surface area contributed by atoms with Crippen LogP contribution in [-0.4, -0.2) is 34.5 Å². The van der Waals surface area contributed by atoms with Crippen molar-refractivity contribution in [1.29, 1.82) is 0 Å². The number of carboxylic acids is 1. The molecule has 22 heavy (non-hydrogen) atoms. The molecular weight excluding hydrogens is 278 g/mol. The number of benzene rings is 1. The summed E-state index contributed by atoms with van der Waals surface area (Å²) >= 11 is 0. The number of nitrogens with zero attached hydrogens (tertiary/aromatic N) is 1. The molecule has 0 unspecified atom stereocenters. The average molecular weight is 305 g/mol. The molecule has 1 N–H and O–H groups in total. The minimum Gasteiger partial charge on any atom is -0.478 e. The molecule has 0 fully saturated rings. The van der Waals surface area contributed by atoms with Crippen LogP contribution in [0.15, 0.2) is 24.3 Å². The number of carbonyl (C=O) groups excluding carboxylic acids is 1. The van der Waals surface area contributed by atoms with E-state index in [0.29, 0.717) is 18.0 Å². The second-order valence-corrected chi connectivity index (χ2v) is 6.05. The fraction of sp³-hybridized carbons (Fsp3) is 0.556. The molecule has 1 rings (SSSR count). The SMILES string of the molecule is CCC(CC)N(CC(C)C)C(=O)Cc1ccccc1C(=O)O. The Labute approximate surface area is 133 Å². The molecular formula is C18H27NO3. The van der Waals surface area contributed by atoms with Gasteiger partial charge in [0.2, 0.25) is 5.91 Å². The Bertz CT molecular complexity index is 507. The summed E-state index contributed by atoms with van der Waals surface area (Å²) in [5.74, 6) is -0.586. The van der Waals surface area contributed by atoms with Gasteiger partial charge in [0.1, 0.15) is 0 Å². The Morgan fingerprint density at radius 1 is 1.14 bits per heavy atom. The van der Waals surface area contributed by atoms with E-state index in [1.807, 2.05) is 4.90 Å². The molecule has 0 saturated heterocycles. The minimum absolute atomic E-state index is 0.0103. The Morgan fingerprint density at radius 3 is 2.23 bits per heavy atom. The quantitative estimate of drug-likeness (QED) is 0.798. The highest BCUT2D eigenvalue weighted by molar-refractivity contribution is 5.91. The maximum absolute atomic E-state index is 12.7. The summed E-state index contributed by atoms with van der Waals surface area (Å²) < 4.78 is 0. The number of rotatable bonds is 8. The van der Waals surface area contributed by atoms with Crippen LogP contribution in [0.1, 0.15) is 56.5 Å². The van der Waals surface area contributed by atoms with Crippen molar-refractivity contribution in [3.8, 4) is 0 Å². The number of aromatic carboxylic acids is 1. The molecule has 0 saturated carbocycles. The van der Waals surface area contributed by atoms with E-state index in [2.05, 4.69) is 27.7 Å². The van der Waals surface area contributed by atoms with Gasteiger partial charge in [0.25, 0.3) is 0 Å². The Balaban J connectivity index is 2.98. The third-order valence-electron chi connectivity index (χ3n) is 3.85. The van der Waals surface area contributed by atoms with Gasteiger partial charge in [0.15, 0.2) is 0 Å². The zero-order valence-electron chi connectivity index (χ0n) is 14.0. The van der Waals surface area contributed by atoms with Gasteiger partial charge in [-0.2, -0.15) is 0 Å². The van der Waals surface area contributed by atoms with Crippen LogP contribution in [0.5, 0.6) is 0 Å². The fourth-order valence-electron chi connectivity index (χ4n) is 2.72. The van der Waals surface area contributed by atoms with Crippen LogP contribution in [0.25, 0.3) is 0 Å². The molecule has 4 heteroatoms. The standard InChI is InChI=1S/C18H27NO3/c1-5-15(6-2)19(12-13(3)4)17(20)11-14-9-7-8-10-16(14)18(21)22/h7-10,13,15H,5-6,11-12H2,1-4H3,(H,21,22). The van der Waals surface area contributed by atoms with Crippen molar-refractivity contribution in [2.24, 2.45) is 5.92 Å². The van der Waals surface area contributed by atoms with Gasteiger partial charge in [-0.15, -0.1) is 0 Å². The molecule has 1 aromatic carbocycles. The van der Waals surface area contributed by atoms with Crippen molar-refractivity contribution < 1.29 is 14.7 Å². The van der Waals surface area contributed by atoms with Gasteiger partial charge in [-0.3, -0.25) is 4.79 Å². The molecule has 0 spiro atoms. The summed E-state index contributed by atoms with van der Waals surface area (Å²) in [6.07, 6.45) is 1.97. The number of carboxylic acid groups (broad SMARTS) is 1. The predicted molar refractivity (Wildman–Crippen MR) is 88.0 cm³/mol. The first-order chi connectivity index (χ1) is 10.4. The summed E-state index contributed by atoms with van der Waals surface area (Å²) in [6.45, 7) is 9.06. The molecule has 0 aliphatic heterocycles. The first-order valence-corrected chi connectivity index (χ1v) is 8.01. The van der Waals surface area contributed by atoms with Crippen molar-refractivity contribution in [3.63, 3.8) is 0 Å². The van der Waals surface area contributed by atoms with Crippen LogP contribution in [0.4, 0.5) is 0 Å². The molecule has 1 aromatic rings. The third kappa shape index (κ3) is 4.86. The van der Waals surface area contributed by atoms with E-state index in [1.54, 1.807) is 24.3 Å². The van der Waals surface area contributed by atoms with E-state index in [4.69, 9.17) is 0 Å². The van der Waals surface area contributed by atoms with Crippen molar-refractivity contribution in [2.75, 3.05) is 6.54 Å². The maximum atomic E-state index is 12.7. The molecule has 0 aliphatic carbocycles. The lowest BCUT2D eigenvalue weighted by atomic mass is 10.0. The molecule has 0 bridgehead atoms. The lowest BCUT2D eigenvalue weighted by Gasteiger charge is -2.32. The topological polar surface area (TPSA) is 57.6 Å². The third-order valence-corrected chi connectivity index (χ3v) is 3.85. The van der Waals surface area contributed by atoms with Gasteiger partial charge in [-0.05, 0) is 30.4 Å². The van der Waals surface area contributed by atoms with Gasteiger partial charge < -0.3 is 10.0 Å². The molecule has 0 aromatic heterocycles. The highest BCUT2D eigenvalue weighted by Crippen LogP contribution is 2.16. The van der Waals surface area contributed by atoms with Gasteiger partial charge >= 0.3 is 5.97 Å². The van der Waals surface area contributed by atoms with Gasteiger partial charge in [-0.1, -0.05) is 45.9 Å². The smallest absolute Gasteiger partial charge is 0.335 e. The van der Waals surface area contributed by atoms with Crippen molar-refractivity contribution in [3.05, 3.63) is 35.4 Å². The lowest BCUT2D eigenvalue weighted by molar-refractivity contribution is -0.133. The summed E-state index contributed by atoms with van der Waals surface area (Å²) in [7, 11) is 0. The van der Waals surface area contributed by atoms with E-state index in [-0.39, 0.29) is 23.9 Å². The van der Waals surface area contributed by atoms with Crippen molar-refractivity contribution in [1.82, 2.24) is 4.90 Å². The number of carbonyl (C=O) groups is 2. The monoisotopic (exact) mass is 305 g/mol. The number of hydrogen-bond acceptors (Lipinski definition) is 2. The van der Waals surface area contributed by atoms with E-state index < -0.39 is 5.97 Å². The second kappa shape index (κ2) is 8.57. The van der Waals surface area contributed by atoms with Gasteiger partial charge in [0, 0.05) is 12.6 Å². The van der Waals surface area contributed by atoms with Gasteiger partial charge in [-0.25, -0.2) is 4.79 Å². The van der Waals surface area contributed by atoms with Crippen molar-refractivity contribution in [2.45, 2.75) is 53.0 Å². The van der Waals surface area contributed by atoms with E-state index >= 15 is 0 Å². The molecule has 0 aliphatic rings. The number of hydrogen-bond donors (Lipinski definition) is 1. The Kier molecular flexibility index (Phi) is 7.09. The zero-order valence-corrected chi connectivity index (χ0v) is 14.0. The lowest BCUT2D eigenvalue weighted by Crippen LogP contribution is -2.43. The minimum atomic E-state index is -0.985. The number of amides is 1. The molecule has 1 amide bonds. The molecule has 0 radical (unpaired) electrons. The summed E-state index contributed by atoms with van der Waals surface area (Å²) in [4.78, 5) is 25.9. The molecule has 0 heterocycles. The Morgan fingerprint density at radius 2 is 1.73 bits per heavy atom. The molecule has 4 nitrogen and oxygen atoms in total. The van der Waals surface area contributed by atoms with E-state index in [1.165, 1.54) is 0 Å². The normalized spacial score (nSPS) is 11.0. The first kappa shape index (κ1) is 18.2. The fourth-order valence-corrected chi connectivity index (χ4v) is 2.72. The van der Waals surface area contributed by atoms with Gasteiger partial charge in [0.05, 0.1) is 12.0 Å². The van der Waals surface area contributed by atoms with Crippen LogP contribution >= 0.6 is 0 Å². The average Bonchev–Trinajstić information content (AvgIpc) is 2.47. The maximum Gasteiger partial charge on any atom is 0.335 e. The predicted octanol–water partition coefficient (Wildman–Crippen LogP) is 3.60. The first-order valence-electron chi connectivity index (χ1n) is 8.01. The van der Waals surface area contributed by atoms with Crippen LogP contribution in [0.2, 0.25) is 0 Å². The van der Waals surface area contributed by atoms with Crippen LogP contribution in [0, 0.1) is 5.92 Å². The highest BCUT2D eigenvalue weighted by Gasteiger charge is 2.23. The van der Waals surface area contributed by atoms with E-state index in [9.17, 15) is 14.7 Å². The second-order valence-electron chi connectivity index (χ2n) is 6.05. The molecule has 0 atom stereocenters. The van der Waals surface area contributed by atoms with E-state index in [0.717, 1.165) is 12.8 Å². The van der Waals surface area contributed by atoms with Crippen molar-refractivity contribution >= 4 is 11.9 Å². The van der Waals surface area contributed by atoms with Crippen LogP contribution < -0.4 is 0 Å². The van der Waals surface area contributed by atoms with Crippen LogP contribution in [0.3, 0.4) is 0 Å². The Hall–Kier alpha value is -1.84. The van der Waals surface area contributed by atoms with Crippen LogP contribution in [-0.2, 0) is 11.2 Å². The summed E-state index contributed by atoms with van der Waals surface area (Å²) in [6, 6.07) is 6.95. The highest BCUT2D eigenvalue weighted by atomic mass is 16.4. The largest absolute Gasteiger partial charge is 0.478 e. The summed E-state index contributed by atoms with van der Waals surface area (Å²) in [5.41, 5.74) is 0.796. The molecule has 122 valence electrons. The zero-order chi connectivity index (χ0) is 16.7. The summed E-state index contributed by atoms with van der Waals surface area (Å²) in [5, 5.41) is 9.24.